The first kappa shape index (κ1) is 15.4. The molecule has 0 bridgehead atoms. The lowest BCUT2D eigenvalue weighted by Crippen LogP contribution is -2.49. The van der Waals surface area contributed by atoms with Crippen molar-refractivity contribution in [3.8, 4) is 5.75 Å². The largest absolute Gasteiger partial charge is 0.452 e. The second kappa shape index (κ2) is 6.20. The van der Waals surface area contributed by atoms with Crippen molar-refractivity contribution in [1.82, 2.24) is 4.90 Å². The molecule has 0 aliphatic carbocycles. The Kier molecular flexibility index (Phi) is 4.78. The lowest BCUT2D eigenvalue weighted by molar-refractivity contribution is -0.209. The lowest BCUT2D eigenvalue weighted by atomic mass is 10.0. The van der Waals surface area contributed by atoms with E-state index >= 15 is 0 Å². The molecule has 0 N–H and O–H groups in total. The molecule has 1 aliphatic heterocycles. The summed E-state index contributed by atoms with van der Waals surface area (Å²) in [5.74, 6) is -0.727. The molecule has 6 heteroatoms. The summed E-state index contributed by atoms with van der Waals surface area (Å²) in [6, 6.07) is 5.01. The number of nitrogens with zero attached hydrogens (tertiary/aromatic N) is 1. The zero-order valence-corrected chi connectivity index (χ0v) is 13.0. The van der Waals surface area contributed by atoms with E-state index < -0.39 is 5.79 Å². The summed E-state index contributed by atoms with van der Waals surface area (Å²) >= 11 is 11.9. The Bertz CT molecular complexity index is 499. The topological polar surface area (TPSA) is 38.8 Å². The SMILES string of the molecule is CC(=O)OC1(Oc2ccc(Cl)c(Cl)c2)CCN(C)CC1. The Morgan fingerprint density at radius 3 is 2.45 bits per heavy atom. The Labute approximate surface area is 128 Å². The molecule has 1 aromatic rings. The summed E-state index contributed by atoms with van der Waals surface area (Å²) in [6.45, 7) is 2.99. The second-order valence-corrected chi connectivity index (χ2v) is 5.80. The average Bonchev–Trinajstić information content (AvgIpc) is 2.37. The number of ether oxygens (including phenoxy) is 2. The van der Waals surface area contributed by atoms with Crippen LogP contribution in [0.1, 0.15) is 19.8 Å². The molecule has 20 heavy (non-hydrogen) atoms. The zero-order valence-electron chi connectivity index (χ0n) is 11.5. The van der Waals surface area contributed by atoms with Crippen LogP contribution in [0.4, 0.5) is 0 Å². The minimum absolute atomic E-state index is 0.352. The molecule has 1 heterocycles. The van der Waals surface area contributed by atoms with Crippen LogP contribution >= 0.6 is 23.2 Å². The predicted molar refractivity (Wildman–Crippen MR) is 78.3 cm³/mol. The number of carbonyl (C=O) groups is 1. The van der Waals surface area contributed by atoms with Gasteiger partial charge in [-0.1, -0.05) is 23.2 Å². The normalized spacial score (nSPS) is 18.6. The molecular formula is C14H17Cl2NO3. The Hall–Kier alpha value is -0.970. The quantitative estimate of drug-likeness (QED) is 0.633. The third-order valence-corrected chi connectivity index (χ3v) is 4.01. The number of likely N-dealkylation sites (tertiary alicyclic amines) is 1. The van der Waals surface area contributed by atoms with Crippen molar-refractivity contribution in [3.63, 3.8) is 0 Å². The van der Waals surface area contributed by atoms with E-state index in [0.29, 0.717) is 28.6 Å². The number of hydrogen-bond donors (Lipinski definition) is 0. The number of halogens is 2. The number of rotatable bonds is 3. The molecule has 0 radical (unpaired) electrons. The summed E-state index contributed by atoms with van der Waals surface area (Å²) in [7, 11) is 2.02. The highest BCUT2D eigenvalue weighted by Crippen LogP contribution is 2.33. The third kappa shape index (κ3) is 3.78. The van der Waals surface area contributed by atoms with Gasteiger partial charge in [0.05, 0.1) is 10.0 Å². The molecule has 1 saturated heterocycles. The van der Waals surface area contributed by atoms with E-state index in [2.05, 4.69) is 4.90 Å². The van der Waals surface area contributed by atoms with Gasteiger partial charge in [-0.2, -0.15) is 0 Å². The second-order valence-electron chi connectivity index (χ2n) is 4.99. The van der Waals surface area contributed by atoms with Crippen molar-refractivity contribution in [2.75, 3.05) is 20.1 Å². The van der Waals surface area contributed by atoms with Gasteiger partial charge in [0.15, 0.2) is 0 Å². The number of benzene rings is 1. The molecule has 110 valence electrons. The first-order valence-corrected chi connectivity index (χ1v) is 7.18. The van der Waals surface area contributed by atoms with Crippen molar-refractivity contribution in [1.29, 1.82) is 0 Å². The van der Waals surface area contributed by atoms with Crippen LogP contribution in [0.15, 0.2) is 18.2 Å². The van der Waals surface area contributed by atoms with Crippen molar-refractivity contribution >= 4 is 29.2 Å². The highest BCUT2D eigenvalue weighted by molar-refractivity contribution is 6.42. The molecule has 0 saturated carbocycles. The third-order valence-electron chi connectivity index (χ3n) is 3.27. The molecule has 4 nitrogen and oxygen atoms in total. The van der Waals surface area contributed by atoms with Gasteiger partial charge in [-0.25, -0.2) is 0 Å². The van der Waals surface area contributed by atoms with Gasteiger partial charge in [0.25, 0.3) is 5.79 Å². The molecule has 2 rings (SSSR count). The Balaban J connectivity index is 2.18. The van der Waals surface area contributed by atoms with E-state index in [-0.39, 0.29) is 5.97 Å². The van der Waals surface area contributed by atoms with E-state index in [1.165, 1.54) is 6.92 Å². The molecule has 0 unspecified atom stereocenters. The number of esters is 1. The summed E-state index contributed by atoms with van der Waals surface area (Å²) in [5, 5.41) is 0.874. The zero-order chi connectivity index (χ0) is 14.8. The first-order valence-electron chi connectivity index (χ1n) is 6.42. The predicted octanol–water partition coefficient (Wildman–Crippen LogP) is 3.36. The monoisotopic (exact) mass is 317 g/mol. The Morgan fingerprint density at radius 2 is 1.90 bits per heavy atom. The molecule has 0 aromatic heterocycles. The van der Waals surface area contributed by atoms with Gasteiger partial charge >= 0.3 is 5.97 Å². The fourth-order valence-electron chi connectivity index (χ4n) is 2.20. The van der Waals surface area contributed by atoms with Gasteiger partial charge < -0.3 is 14.4 Å². The maximum atomic E-state index is 11.3. The fourth-order valence-corrected chi connectivity index (χ4v) is 2.49. The molecule has 1 aliphatic rings. The molecule has 1 aromatic carbocycles. The minimum Gasteiger partial charge on any atom is -0.452 e. The van der Waals surface area contributed by atoms with Crippen LogP contribution in [-0.2, 0) is 9.53 Å². The van der Waals surface area contributed by atoms with E-state index in [4.69, 9.17) is 32.7 Å². The molecule has 0 amide bonds. The highest BCUT2D eigenvalue weighted by atomic mass is 35.5. The van der Waals surface area contributed by atoms with Gasteiger partial charge in [-0.3, -0.25) is 4.79 Å². The van der Waals surface area contributed by atoms with Crippen molar-refractivity contribution in [3.05, 3.63) is 28.2 Å². The fraction of sp³-hybridized carbons (Fsp3) is 0.500. The summed E-state index contributed by atoms with van der Waals surface area (Å²) < 4.78 is 11.4. The number of piperidine rings is 1. The average molecular weight is 318 g/mol. The van der Waals surface area contributed by atoms with Crippen molar-refractivity contribution in [2.45, 2.75) is 25.6 Å². The van der Waals surface area contributed by atoms with Gasteiger partial charge in [0, 0.05) is 38.9 Å². The van der Waals surface area contributed by atoms with E-state index in [1.54, 1.807) is 18.2 Å². The number of carbonyl (C=O) groups excluding carboxylic acids is 1. The van der Waals surface area contributed by atoms with Crippen LogP contribution in [0.5, 0.6) is 5.75 Å². The summed E-state index contributed by atoms with van der Waals surface area (Å²) in [4.78, 5) is 13.5. The van der Waals surface area contributed by atoms with Crippen molar-refractivity contribution < 1.29 is 14.3 Å². The van der Waals surface area contributed by atoms with Crippen LogP contribution in [-0.4, -0.2) is 36.8 Å². The molecule has 0 atom stereocenters. The lowest BCUT2D eigenvalue weighted by Gasteiger charge is -2.39. The van der Waals surface area contributed by atoms with Crippen LogP contribution < -0.4 is 4.74 Å². The standard InChI is InChI=1S/C14H17Cl2NO3/c1-10(18)19-14(5-7-17(2)8-6-14)20-11-3-4-12(15)13(16)9-11/h3-4,9H,5-8H2,1-2H3. The molecule has 1 fully saturated rings. The maximum absolute atomic E-state index is 11.3. The number of hydrogen-bond acceptors (Lipinski definition) is 4. The van der Waals surface area contributed by atoms with Crippen LogP contribution in [0.3, 0.4) is 0 Å². The van der Waals surface area contributed by atoms with E-state index in [1.807, 2.05) is 7.05 Å². The molecular weight excluding hydrogens is 301 g/mol. The Morgan fingerprint density at radius 1 is 1.25 bits per heavy atom. The smallest absolute Gasteiger partial charge is 0.305 e. The highest BCUT2D eigenvalue weighted by Gasteiger charge is 2.39. The van der Waals surface area contributed by atoms with Crippen LogP contribution in [0.25, 0.3) is 0 Å². The molecule has 0 spiro atoms. The maximum Gasteiger partial charge on any atom is 0.305 e. The van der Waals surface area contributed by atoms with Crippen LogP contribution in [0, 0.1) is 0 Å². The van der Waals surface area contributed by atoms with E-state index in [9.17, 15) is 4.79 Å². The van der Waals surface area contributed by atoms with E-state index in [0.717, 1.165) is 13.1 Å². The van der Waals surface area contributed by atoms with Gasteiger partial charge in [-0.05, 0) is 19.2 Å². The van der Waals surface area contributed by atoms with Gasteiger partial charge in [-0.15, -0.1) is 0 Å². The minimum atomic E-state index is -0.921. The van der Waals surface area contributed by atoms with Crippen molar-refractivity contribution in [2.24, 2.45) is 0 Å². The van der Waals surface area contributed by atoms with Crippen LogP contribution in [0.2, 0.25) is 10.0 Å². The summed E-state index contributed by atoms with van der Waals surface area (Å²) in [5.41, 5.74) is 0. The van der Waals surface area contributed by atoms with Gasteiger partial charge in [0.1, 0.15) is 5.75 Å². The first-order chi connectivity index (χ1) is 9.40. The summed E-state index contributed by atoms with van der Waals surface area (Å²) in [6.07, 6.45) is 1.23. The van der Waals surface area contributed by atoms with Gasteiger partial charge in [0.2, 0.25) is 0 Å².